The van der Waals surface area contributed by atoms with Crippen LogP contribution in [-0.2, 0) is 9.59 Å². The smallest absolute Gasteiger partial charge is 0.343 e. The number of methoxy groups -OCH3 is 1. The highest BCUT2D eigenvalue weighted by Crippen LogP contribution is 2.17. The Morgan fingerprint density at radius 1 is 0.882 bits per heavy atom. The number of hydrogen-bond donors (Lipinski definition) is 2. The van der Waals surface area contributed by atoms with Crippen LogP contribution in [-0.4, -0.2) is 37.7 Å². The van der Waals surface area contributed by atoms with Crippen LogP contribution in [0.3, 0.4) is 0 Å². The molecule has 0 heterocycles. The molecule has 0 saturated carbocycles. The van der Waals surface area contributed by atoms with E-state index in [0.717, 1.165) is 0 Å². The predicted molar refractivity (Wildman–Crippen MR) is 126 cm³/mol. The molecule has 3 aromatic rings. The van der Waals surface area contributed by atoms with E-state index >= 15 is 0 Å². The number of ether oxygens (including phenoxy) is 3. The van der Waals surface area contributed by atoms with Crippen molar-refractivity contribution in [3.63, 3.8) is 0 Å². The standard InChI is InChI=1S/C25H23N3O6/c1-3-33-20-13-9-18(10-14-20)25(31)34-21-11-7-17(8-12-21)16-26-28-24(30)23(29)27-19-5-4-6-22(15-19)32-2/h4-16H,3H2,1-2H3,(H,27,29)(H,28,30)/b26-16+. The Bertz CT molecular complexity index is 1170. The van der Waals surface area contributed by atoms with E-state index in [9.17, 15) is 14.4 Å². The number of hydrogen-bond acceptors (Lipinski definition) is 7. The van der Waals surface area contributed by atoms with Crippen molar-refractivity contribution in [1.29, 1.82) is 0 Å². The molecule has 0 saturated heterocycles. The number of carbonyl (C=O) groups is 3. The third-order valence-electron chi connectivity index (χ3n) is 4.41. The summed E-state index contributed by atoms with van der Waals surface area (Å²) in [5.41, 5.74) is 3.58. The van der Waals surface area contributed by atoms with Crippen molar-refractivity contribution in [2.24, 2.45) is 5.10 Å². The zero-order chi connectivity index (χ0) is 24.3. The number of carbonyl (C=O) groups excluding carboxylic acids is 3. The van der Waals surface area contributed by atoms with Crippen molar-refractivity contribution in [3.8, 4) is 17.2 Å². The summed E-state index contributed by atoms with van der Waals surface area (Å²) in [4.78, 5) is 36.2. The summed E-state index contributed by atoms with van der Waals surface area (Å²) in [5.74, 6) is -0.740. The van der Waals surface area contributed by atoms with E-state index in [1.165, 1.54) is 13.3 Å². The molecule has 9 heteroatoms. The number of hydrazone groups is 1. The molecule has 0 atom stereocenters. The van der Waals surface area contributed by atoms with Crippen molar-refractivity contribution in [1.82, 2.24) is 5.43 Å². The molecule has 2 amide bonds. The second kappa shape index (κ2) is 11.8. The molecule has 0 aliphatic heterocycles. The number of amides is 2. The first-order valence-electron chi connectivity index (χ1n) is 10.3. The Hall–Kier alpha value is -4.66. The van der Waals surface area contributed by atoms with Crippen LogP contribution in [0.25, 0.3) is 0 Å². The second-order valence-electron chi connectivity index (χ2n) is 6.80. The summed E-state index contributed by atoms with van der Waals surface area (Å²) in [7, 11) is 1.50. The van der Waals surface area contributed by atoms with Gasteiger partial charge in [-0.2, -0.15) is 5.10 Å². The average molecular weight is 461 g/mol. The van der Waals surface area contributed by atoms with Gasteiger partial charge >= 0.3 is 17.8 Å². The highest BCUT2D eigenvalue weighted by atomic mass is 16.5. The predicted octanol–water partition coefficient (Wildman–Crippen LogP) is 3.40. The van der Waals surface area contributed by atoms with Gasteiger partial charge in [-0.15, -0.1) is 0 Å². The molecule has 0 aliphatic rings. The van der Waals surface area contributed by atoms with E-state index in [4.69, 9.17) is 14.2 Å². The van der Waals surface area contributed by atoms with E-state index in [1.807, 2.05) is 6.92 Å². The molecule has 0 unspecified atom stereocenters. The first kappa shape index (κ1) is 24.0. The topological polar surface area (TPSA) is 115 Å². The maximum atomic E-state index is 12.3. The van der Waals surface area contributed by atoms with E-state index < -0.39 is 17.8 Å². The van der Waals surface area contributed by atoms with E-state index in [1.54, 1.807) is 72.8 Å². The summed E-state index contributed by atoms with van der Waals surface area (Å²) in [5, 5.41) is 6.22. The SMILES string of the molecule is CCOc1ccc(C(=O)Oc2ccc(/C=N/NC(=O)C(=O)Nc3cccc(OC)c3)cc2)cc1. The lowest BCUT2D eigenvalue weighted by atomic mass is 10.2. The van der Waals surface area contributed by atoms with E-state index in [2.05, 4.69) is 15.8 Å². The van der Waals surface area contributed by atoms with Crippen molar-refractivity contribution in [2.45, 2.75) is 6.92 Å². The van der Waals surface area contributed by atoms with Crippen LogP contribution in [0.2, 0.25) is 0 Å². The van der Waals surface area contributed by atoms with Crippen LogP contribution >= 0.6 is 0 Å². The third-order valence-corrected chi connectivity index (χ3v) is 4.41. The Kier molecular flexibility index (Phi) is 8.34. The summed E-state index contributed by atoms with van der Waals surface area (Å²) in [6, 6.07) is 19.7. The second-order valence-corrected chi connectivity index (χ2v) is 6.80. The van der Waals surface area contributed by atoms with E-state index in [-0.39, 0.29) is 0 Å². The fourth-order valence-electron chi connectivity index (χ4n) is 2.75. The molecule has 0 aromatic heterocycles. The number of rotatable bonds is 8. The van der Waals surface area contributed by atoms with Crippen molar-refractivity contribution >= 4 is 29.7 Å². The molecule has 3 rings (SSSR count). The van der Waals surface area contributed by atoms with Crippen molar-refractivity contribution < 1.29 is 28.6 Å². The number of anilines is 1. The maximum Gasteiger partial charge on any atom is 0.343 e. The molecule has 3 aromatic carbocycles. The molecule has 34 heavy (non-hydrogen) atoms. The largest absolute Gasteiger partial charge is 0.497 e. The lowest BCUT2D eigenvalue weighted by Crippen LogP contribution is -2.32. The zero-order valence-electron chi connectivity index (χ0n) is 18.6. The Morgan fingerprint density at radius 2 is 1.59 bits per heavy atom. The molecular weight excluding hydrogens is 438 g/mol. The molecule has 9 nitrogen and oxygen atoms in total. The quantitative estimate of drug-likeness (QED) is 0.175. The van der Waals surface area contributed by atoms with Crippen LogP contribution in [0.1, 0.15) is 22.8 Å². The van der Waals surface area contributed by atoms with Gasteiger partial charge in [-0.25, -0.2) is 10.2 Å². The molecule has 0 radical (unpaired) electrons. The molecule has 174 valence electrons. The number of benzene rings is 3. The van der Waals surface area contributed by atoms with Gasteiger partial charge in [-0.05, 0) is 73.2 Å². The third kappa shape index (κ3) is 6.92. The summed E-state index contributed by atoms with van der Waals surface area (Å²) < 4.78 is 15.8. The maximum absolute atomic E-state index is 12.3. The van der Waals surface area contributed by atoms with Gasteiger partial charge in [0.15, 0.2) is 0 Å². The summed E-state index contributed by atoms with van der Waals surface area (Å²) >= 11 is 0. The average Bonchev–Trinajstić information content (AvgIpc) is 2.85. The molecular formula is C25H23N3O6. The normalized spacial score (nSPS) is 10.4. The number of nitrogens with one attached hydrogen (secondary N) is 2. The van der Waals surface area contributed by atoms with Crippen LogP contribution in [0.15, 0.2) is 77.9 Å². The molecule has 2 N–H and O–H groups in total. The number of esters is 1. The molecule has 0 bridgehead atoms. The Morgan fingerprint density at radius 3 is 2.26 bits per heavy atom. The van der Waals surface area contributed by atoms with Gasteiger partial charge in [-0.1, -0.05) is 6.07 Å². The fourth-order valence-corrected chi connectivity index (χ4v) is 2.75. The first-order chi connectivity index (χ1) is 16.5. The van der Waals surface area contributed by atoms with Crippen LogP contribution in [0.4, 0.5) is 5.69 Å². The summed E-state index contributed by atoms with van der Waals surface area (Å²) in [6.45, 7) is 2.42. The zero-order valence-corrected chi connectivity index (χ0v) is 18.6. The highest BCUT2D eigenvalue weighted by molar-refractivity contribution is 6.39. The van der Waals surface area contributed by atoms with Gasteiger partial charge in [0.25, 0.3) is 0 Å². The van der Waals surface area contributed by atoms with Gasteiger partial charge in [0.05, 0.1) is 25.5 Å². The minimum absolute atomic E-state index is 0.345. The van der Waals surface area contributed by atoms with Gasteiger partial charge < -0.3 is 19.5 Å². The monoisotopic (exact) mass is 461 g/mol. The molecule has 0 spiro atoms. The van der Waals surface area contributed by atoms with Crippen LogP contribution in [0.5, 0.6) is 17.2 Å². The lowest BCUT2D eigenvalue weighted by Gasteiger charge is -2.06. The Labute approximate surface area is 196 Å². The van der Waals surface area contributed by atoms with Crippen LogP contribution < -0.4 is 25.0 Å². The molecule has 0 aliphatic carbocycles. The first-order valence-corrected chi connectivity index (χ1v) is 10.3. The van der Waals surface area contributed by atoms with Crippen molar-refractivity contribution in [3.05, 3.63) is 83.9 Å². The minimum atomic E-state index is -0.931. The molecule has 0 fully saturated rings. The van der Waals surface area contributed by atoms with Gasteiger partial charge in [0.2, 0.25) is 0 Å². The number of nitrogens with zero attached hydrogens (tertiary/aromatic N) is 1. The van der Waals surface area contributed by atoms with Gasteiger partial charge in [-0.3, -0.25) is 9.59 Å². The van der Waals surface area contributed by atoms with Gasteiger partial charge in [0.1, 0.15) is 17.2 Å². The fraction of sp³-hybridized carbons (Fsp3) is 0.120. The minimum Gasteiger partial charge on any atom is -0.497 e. The van der Waals surface area contributed by atoms with Crippen LogP contribution in [0, 0.1) is 0 Å². The summed E-state index contributed by atoms with van der Waals surface area (Å²) in [6.07, 6.45) is 1.36. The Balaban J connectivity index is 1.49. The lowest BCUT2D eigenvalue weighted by molar-refractivity contribution is -0.136. The highest BCUT2D eigenvalue weighted by Gasteiger charge is 2.13. The van der Waals surface area contributed by atoms with Crippen molar-refractivity contribution in [2.75, 3.05) is 19.0 Å². The van der Waals surface area contributed by atoms with E-state index in [0.29, 0.717) is 40.7 Å². The van der Waals surface area contributed by atoms with Gasteiger partial charge in [0, 0.05) is 11.8 Å².